The molecule has 0 atom stereocenters. The maximum atomic E-state index is 7.00. The van der Waals surface area contributed by atoms with Gasteiger partial charge in [0.05, 0.1) is 0 Å². The van der Waals surface area contributed by atoms with Crippen molar-refractivity contribution in [1.82, 2.24) is 0 Å². The summed E-state index contributed by atoms with van der Waals surface area (Å²) in [5, 5.41) is 21.0. The Morgan fingerprint density at radius 2 is 1.07 bits per heavy atom. The van der Waals surface area contributed by atoms with Crippen LogP contribution in [-0.4, -0.2) is 36.6 Å². The summed E-state index contributed by atoms with van der Waals surface area (Å²) >= 11 is 0. The van der Waals surface area contributed by atoms with Gasteiger partial charge in [-0.15, -0.1) is 12.1 Å². The van der Waals surface area contributed by atoms with Gasteiger partial charge in [0.2, 0.25) is 0 Å². The minimum absolute atomic E-state index is 0. The van der Waals surface area contributed by atoms with Crippen LogP contribution in [-0.2, 0) is 25.8 Å². The van der Waals surface area contributed by atoms with Crippen molar-refractivity contribution in [3.8, 4) is 0 Å². The van der Waals surface area contributed by atoms with Crippen molar-refractivity contribution in [3.63, 3.8) is 0 Å². The van der Waals surface area contributed by atoms with E-state index in [2.05, 4.69) is 6.92 Å². The summed E-state index contributed by atoms with van der Waals surface area (Å²) in [6.45, 7) is 3.72. The number of benzene rings is 1. The van der Waals surface area contributed by atoms with Crippen LogP contribution in [0.5, 0.6) is 0 Å². The van der Waals surface area contributed by atoms with Crippen LogP contribution < -0.4 is 0 Å². The second kappa shape index (κ2) is 29.3. The molecular formula is C10H19HfO3-. The molecule has 0 radical (unpaired) electrons. The van der Waals surface area contributed by atoms with Gasteiger partial charge in [0.1, 0.15) is 0 Å². The molecule has 4 heteroatoms. The van der Waals surface area contributed by atoms with Gasteiger partial charge in [-0.1, -0.05) is 6.07 Å². The van der Waals surface area contributed by atoms with Gasteiger partial charge in [-0.2, -0.15) is 24.6 Å². The van der Waals surface area contributed by atoms with Gasteiger partial charge in [0.25, 0.3) is 0 Å². The van der Waals surface area contributed by atoms with Crippen LogP contribution in [0.2, 0.25) is 0 Å². The molecule has 0 spiro atoms. The Balaban J connectivity index is -0.0000000625. The molecular weight excluding hydrogens is 347 g/mol. The Bertz CT molecular complexity index is 145. The molecule has 1 aromatic rings. The van der Waals surface area contributed by atoms with E-state index < -0.39 is 0 Å². The van der Waals surface area contributed by atoms with Gasteiger partial charge in [-0.3, -0.25) is 0 Å². The summed E-state index contributed by atoms with van der Waals surface area (Å²) in [7, 11) is 3.00. The molecule has 0 saturated carbocycles. The van der Waals surface area contributed by atoms with Crippen LogP contribution in [0.15, 0.2) is 30.3 Å². The molecule has 1 aromatic carbocycles. The second-order valence-electron chi connectivity index (χ2n) is 1.49. The molecule has 0 unspecified atom stereocenters. The average molecular weight is 366 g/mol. The van der Waals surface area contributed by atoms with Crippen LogP contribution in [0.3, 0.4) is 0 Å². The number of hydrogen-bond acceptors (Lipinski definition) is 3. The second-order valence-corrected chi connectivity index (χ2v) is 1.49. The van der Waals surface area contributed by atoms with Crippen LogP contribution in [0.1, 0.15) is 5.56 Å². The zero-order valence-corrected chi connectivity index (χ0v) is 12.5. The van der Waals surface area contributed by atoms with E-state index in [1.54, 1.807) is 0 Å². The van der Waals surface area contributed by atoms with Crippen molar-refractivity contribution >= 4 is 0 Å². The Kier molecular flexibility index (Phi) is 49.3. The van der Waals surface area contributed by atoms with E-state index in [9.17, 15) is 0 Å². The van der Waals surface area contributed by atoms with Gasteiger partial charge in [0, 0.05) is 47.2 Å². The molecule has 1 rings (SSSR count). The topological polar surface area (TPSA) is 60.7 Å². The van der Waals surface area contributed by atoms with Gasteiger partial charge >= 0.3 is 0 Å². The molecule has 0 heterocycles. The molecule has 3 nitrogen and oxygen atoms in total. The van der Waals surface area contributed by atoms with E-state index in [4.69, 9.17) is 15.3 Å². The smallest absolute Gasteiger partial charge is 0.0319 e. The van der Waals surface area contributed by atoms with E-state index in [-0.39, 0.29) is 25.8 Å². The predicted octanol–water partition coefficient (Wildman–Crippen LogP) is 0.692. The number of hydrogen-bond donors (Lipinski definition) is 3. The summed E-state index contributed by atoms with van der Waals surface area (Å²) in [6.07, 6.45) is 0. The van der Waals surface area contributed by atoms with Crippen molar-refractivity contribution in [1.29, 1.82) is 0 Å². The van der Waals surface area contributed by atoms with Gasteiger partial charge in [-0.25, -0.2) is 0 Å². The van der Waals surface area contributed by atoms with Crippen molar-refractivity contribution < 1.29 is 41.2 Å². The fraction of sp³-hybridized carbons (Fsp3) is 0.300. The maximum absolute atomic E-state index is 7.00. The Morgan fingerprint density at radius 1 is 0.786 bits per heavy atom. The molecule has 3 N–H and O–H groups in total. The van der Waals surface area contributed by atoms with Crippen LogP contribution in [0.25, 0.3) is 0 Å². The van der Waals surface area contributed by atoms with Crippen molar-refractivity contribution in [2.24, 2.45) is 0 Å². The Labute approximate surface area is 105 Å². The molecule has 82 valence electrons. The fourth-order valence-corrected chi connectivity index (χ4v) is 0.478. The zero-order chi connectivity index (χ0) is 11.1. The molecule has 0 fully saturated rings. The van der Waals surface area contributed by atoms with Crippen LogP contribution in [0.4, 0.5) is 0 Å². The Hall–Kier alpha value is -0.160. The SMILES string of the molecule is CO.CO.CO.[CH2-]c1ccccc1.[Hf]. The third-order valence-electron chi connectivity index (χ3n) is 0.843. The van der Waals surface area contributed by atoms with Crippen molar-refractivity contribution in [2.45, 2.75) is 0 Å². The quantitative estimate of drug-likeness (QED) is 0.468. The molecule has 0 aliphatic rings. The van der Waals surface area contributed by atoms with Crippen molar-refractivity contribution in [3.05, 3.63) is 42.8 Å². The minimum Gasteiger partial charge on any atom is -0.400 e. The first-order chi connectivity index (χ1) is 6.39. The summed E-state index contributed by atoms with van der Waals surface area (Å²) in [6, 6.07) is 9.87. The molecule has 0 aliphatic carbocycles. The fourth-order valence-electron chi connectivity index (χ4n) is 0.478. The zero-order valence-electron chi connectivity index (χ0n) is 8.94. The summed E-state index contributed by atoms with van der Waals surface area (Å²) in [5.41, 5.74) is 1.07. The number of rotatable bonds is 0. The molecule has 0 amide bonds. The third-order valence-corrected chi connectivity index (χ3v) is 0.843. The summed E-state index contributed by atoms with van der Waals surface area (Å²) in [5.74, 6) is 0. The van der Waals surface area contributed by atoms with E-state index in [1.807, 2.05) is 30.3 Å². The largest absolute Gasteiger partial charge is 0.400 e. The van der Waals surface area contributed by atoms with E-state index in [0.29, 0.717) is 0 Å². The van der Waals surface area contributed by atoms with Crippen molar-refractivity contribution in [2.75, 3.05) is 21.3 Å². The molecule has 0 bridgehead atoms. The first-order valence-electron chi connectivity index (χ1n) is 3.61. The predicted molar refractivity (Wildman–Crippen MR) is 55.3 cm³/mol. The van der Waals surface area contributed by atoms with E-state index in [1.165, 1.54) is 0 Å². The standard InChI is InChI=1S/C7H7.3CH4O.Hf/c1-7-5-3-2-4-6-7;3*1-2;/h2-6H,1H2;3*2H,1H3;/q-1;;;;. The summed E-state index contributed by atoms with van der Waals surface area (Å²) < 4.78 is 0. The van der Waals surface area contributed by atoms with Gasteiger partial charge < -0.3 is 15.3 Å². The number of aliphatic hydroxyl groups is 3. The molecule has 0 aromatic heterocycles. The van der Waals surface area contributed by atoms with Crippen LogP contribution >= 0.6 is 0 Å². The van der Waals surface area contributed by atoms with Gasteiger partial charge in [0.15, 0.2) is 0 Å². The maximum Gasteiger partial charge on any atom is 0.0319 e. The van der Waals surface area contributed by atoms with Crippen LogP contribution in [0, 0.1) is 6.92 Å². The van der Waals surface area contributed by atoms with E-state index >= 15 is 0 Å². The van der Waals surface area contributed by atoms with E-state index in [0.717, 1.165) is 26.9 Å². The number of aliphatic hydroxyl groups excluding tert-OH is 3. The third kappa shape index (κ3) is 22.6. The molecule has 0 saturated heterocycles. The molecule has 14 heavy (non-hydrogen) atoms. The normalized spacial score (nSPS) is 5.57. The van der Waals surface area contributed by atoms with Gasteiger partial charge in [-0.05, 0) is 0 Å². The monoisotopic (exact) mass is 367 g/mol. The summed E-state index contributed by atoms with van der Waals surface area (Å²) in [4.78, 5) is 0. The molecule has 0 aliphatic heterocycles. The minimum atomic E-state index is 0. The average Bonchev–Trinajstić information content (AvgIpc) is 2.28. The Morgan fingerprint density at radius 3 is 1.21 bits per heavy atom. The first-order valence-corrected chi connectivity index (χ1v) is 3.61. The first kappa shape index (κ1) is 23.6.